The number of rotatable bonds is 6. The summed E-state index contributed by atoms with van der Waals surface area (Å²) >= 11 is 0. The van der Waals surface area contributed by atoms with E-state index in [1.807, 2.05) is 30.3 Å². The highest BCUT2D eigenvalue weighted by molar-refractivity contribution is 5.20. The molecule has 0 spiro atoms. The highest BCUT2D eigenvalue weighted by atomic mass is 16.5. The van der Waals surface area contributed by atoms with E-state index in [-0.39, 0.29) is 0 Å². The van der Waals surface area contributed by atoms with Gasteiger partial charge in [0.15, 0.2) is 0 Å². The molecule has 2 nitrogen and oxygen atoms in total. The molecule has 2 unspecified atom stereocenters. The Bertz CT molecular complexity index is 312. The molecule has 1 aromatic rings. The van der Waals surface area contributed by atoms with Crippen LogP contribution >= 0.6 is 0 Å². The first-order valence-electron chi connectivity index (χ1n) is 6.75. The number of hydrogen-bond donors (Lipinski definition) is 1. The largest absolute Gasteiger partial charge is 0.494 e. The predicted octanol–water partition coefficient (Wildman–Crippen LogP) is 3.23. The zero-order chi connectivity index (χ0) is 11.9. The molecule has 1 aromatic carbocycles. The number of benzene rings is 1. The van der Waals surface area contributed by atoms with Crippen LogP contribution in [0.5, 0.6) is 5.75 Å². The highest BCUT2D eigenvalue weighted by Crippen LogP contribution is 2.29. The molecule has 17 heavy (non-hydrogen) atoms. The minimum absolute atomic E-state index is 0.742. The Balaban J connectivity index is 1.63. The Morgan fingerprint density at radius 3 is 2.82 bits per heavy atom. The van der Waals surface area contributed by atoms with Gasteiger partial charge in [-0.3, -0.25) is 0 Å². The fourth-order valence-corrected chi connectivity index (χ4v) is 2.81. The van der Waals surface area contributed by atoms with Gasteiger partial charge in [-0.05, 0) is 50.8 Å². The molecule has 1 aliphatic rings. The first-order valence-corrected chi connectivity index (χ1v) is 6.75. The SMILES string of the molecule is CNC1CCCC1CCCOc1ccccc1. The second-order valence-electron chi connectivity index (χ2n) is 4.89. The summed E-state index contributed by atoms with van der Waals surface area (Å²) in [4.78, 5) is 0. The van der Waals surface area contributed by atoms with Crippen molar-refractivity contribution in [1.82, 2.24) is 5.32 Å². The van der Waals surface area contributed by atoms with Gasteiger partial charge in [0.05, 0.1) is 6.61 Å². The molecule has 94 valence electrons. The molecule has 2 rings (SSSR count). The van der Waals surface area contributed by atoms with E-state index in [4.69, 9.17) is 4.74 Å². The molecule has 0 bridgehead atoms. The highest BCUT2D eigenvalue weighted by Gasteiger charge is 2.24. The van der Waals surface area contributed by atoms with Crippen molar-refractivity contribution in [2.75, 3.05) is 13.7 Å². The van der Waals surface area contributed by atoms with Crippen LogP contribution in [0.15, 0.2) is 30.3 Å². The van der Waals surface area contributed by atoms with Gasteiger partial charge in [-0.2, -0.15) is 0 Å². The van der Waals surface area contributed by atoms with E-state index in [0.29, 0.717) is 0 Å². The zero-order valence-corrected chi connectivity index (χ0v) is 10.7. The quantitative estimate of drug-likeness (QED) is 0.762. The van der Waals surface area contributed by atoms with Crippen molar-refractivity contribution < 1.29 is 4.74 Å². The van der Waals surface area contributed by atoms with E-state index in [1.165, 1.54) is 25.7 Å². The zero-order valence-electron chi connectivity index (χ0n) is 10.7. The lowest BCUT2D eigenvalue weighted by Gasteiger charge is -2.18. The topological polar surface area (TPSA) is 21.3 Å². The van der Waals surface area contributed by atoms with Crippen molar-refractivity contribution in [2.45, 2.75) is 38.1 Å². The summed E-state index contributed by atoms with van der Waals surface area (Å²) in [5, 5.41) is 3.43. The maximum absolute atomic E-state index is 5.71. The van der Waals surface area contributed by atoms with Gasteiger partial charge < -0.3 is 10.1 Å². The summed E-state index contributed by atoms with van der Waals surface area (Å²) in [6.07, 6.45) is 6.57. The molecule has 0 heterocycles. The fourth-order valence-electron chi connectivity index (χ4n) is 2.81. The molecule has 1 N–H and O–H groups in total. The molecule has 0 saturated heterocycles. The smallest absolute Gasteiger partial charge is 0.119 e. The maximum atomic E-state index is 5.71. The van der Waals surface area contributed by atoms with Crippen molar-refractivity contribution in [3.63, 3.8) is 0 Å². The normalized spacial score (nSPS) is 23.8. The lowest BCUT2D eigenvalue weighted by atomic mass is 9.98. The molecule has 0 radical (unpaired) electrons. The first kappa shape index (κ1) is 12.4. The number of ether oxygens (including phenoxy) is 1. The van der Waals surface area contributed by atoms with Gasteiger partial charge in [0.1, 0.15) is 5.75 Å². The predicted molar refractivity (Wildman–Crippen MR) is 71.4 cm³/mol. The molecule has 2 atom stereocenters. The van der Waals surface area contributed by atoms with Gasteiger partial charge >= 0.3 is 0 Å². The van der Waals surface area contributed by atoms with E-state index in [1.54, 1.807) is 0 Å². The molecule has 2 heteroatoms. The van der Waals surface area contributed by atoms with Crippen LogP contribution in [0.2, 0.25) is 0 Å². The molecule has 1 fully saturated rings. The molecule has 0 amide bonds. The fraction of sp³-hybridized carbons (Fsp3) is 0.600. The van der Waals surface area contributed by atoms with E-state index < -0.39 is 0 Å². The molecule has 1 aliphatic carbocycles. The Kier molecular flexibility index (Phi) is 4.87. The number of para-hydroxylation sites is 1. The van der Waals surface area contributed by atoms with Gasteiger partial charge in [-0.15, -0.1) is 0 Å². The number of hydrogen-bond acceptors (Lipinski definition) is 2. The first-order chi connectivity index (χ1) is 8.40. The maximum Gasteiger partial charge on any atom is 0.119 e. The van der Waals surface area contributed by atoms with Crippen LogP contribution in [-0.2, 0) is 0 Å². The lowest BCUT2D eigenvalue weighted by Crippen LogP contribution is -2.29. The summed E-state index contributed by atoms with van der Waals surface area (Å²) in [5.74, 6) is 1.85. The number of nitrogens with one attached hydrogen (secondary N) is 1. The van der Waals surface area contributed by atoms with E-state index >= 15 is 0 Å². The van der Waals surface area contributed by atoms with Crippen molar-refractivity contribution in [2.24, 2.45) is 5.92 Å². The Hall–Kier alpha value is -1.02. The van der Waals surface area contributed by atoms with Gasteiger partial charge in [0.2, 0.25) is 0 Å². The molecule has 0 aromatic heterocycles. The molecular weight excluding hydrogens is 210 g/mol. The van der Waals surface area contributed by atoms with Crippen molar-refractivity contribution >= 4 is 0 Å². The summed E-state index contributed by atoms with van der Waals surface area (Å²) in [7, 11) is 2.09. The Labute approximate surface area is 104 Å². The van der Waals surface area contributed by atoms with Crippen LogP contribution in [0.25, 0.3) is 0 Å². The van der Waals surface area contributed by atoms with Crippen molar-refractivity contribution in [3.05, 3.63) is 30.3 Å². The van der Waals surface area contributed by atoms with Gasteiger partial charge in [0, 0.05) is 6.04 Å². The van der Waals surface area contributed by atoms with Crippen LogP contribution in [0.3, 0.4) is 0 Å². The summed E-state index contributed by atoms with van der Waals surface area (Å²) in [6.45, 7) is 0.844. The summed E-state index contributed by atoms with van der Waals surface area (Å²) < 4.78 is 5.71. The van der Waals surface area contributed by atoms with Crippen LogP contribution < -0.4 is 10.1 Å². The minimum Gasteiger partial charge on any atom is -0.494 e. The minimum atomic E-state index is 0.742. The third-order valence-corrected chi connectivity index (χ3v) is 3.76. The van der Waals surface area contributed by atoms with Crippen LogP contribution in [-0.4, -0.2) is 19.7 Å². The second kappa shape index (κ2) is 6.65. The summed E-state index contributed by atoms with van der Waals surface area (Å²) in [6, 6.07) is 10.8. The van der Waals surface area contributed by atoms with Crippen LogP contribution in [0.1, 0.15) is 32.1 Å². The monoisotopic (exact) mass is 233 g/mol. The average Bonchev–Trinajstić information content (AvgIpc) is 2.83. The standard InChI is InChI=1S/C15H23NO/c1-16-15-11-5-7-13(15)8-6-12-17-14-9-3-2-4-10-14/h2-4,9-10,13,15-16H,5-8,11-12H2,1H3. The third-order valence-electron chi connectivity index (χ3n) is 3.76. The average molecular weight is 233 g/mol. The Morgan fingerprint density at radius 1 is 1.24 bits per heavy atom. The molecule has 1 saturated carbocycles. The lowest BCUT2D eigenvalue weighted by molar-refractivity contribution is 0.283. The second-order valence-corrected chi connectivity index (χ2v) is 4.89. The Morgan fingerprint density at radius 2 is 2.06 bits per heavy atom. The van der Waals surface area contributed by atoms with Gasteiger partial charge in [-0.25, -0.2) is 0 Å². The molecular formula is C15H23NO. The third kappa shape index (κ3) is 3.74. The van der Waals surface area contributed by atoms with Crippen LogP contribution in [0, 0.1) is 5.92 Å². The van der Waals surface area contributed by atoms with Gasteiger partial charge in [0.25, 0.3) is 0 Å². The molecule has 0 aliphatic heterocycles. The van der Waals surface area contributed by atoms with E-state index in [2.05, 4.69) is 12.4 Å². The van der Waals surface area contributed by atoms with Gasteiger partial charge in [-0.1, -0.05) is 24.6 Å². The van der Waals surface area contributed by atoms with E-state index in [9.17, 15) is 0 Å². The van der Waals surface area contributed by atoms with E-state index in [0.717, 1.165) is 30.7 Å². The van der Waals surface area contributed by atoms with Crippen LogP contribution in [0.4, 0.5) is 0 Å². The summed E-state index contributed by atoms with van der Waals surface area (Å²) in [5.41, 5.74) is 0. The van der Waals surface area contributed by atoms with Crippen molar-refractivity contribution in [3.8, 4) is 5.75 Å². The van der Waals surface area contributed by atoms with Crippen molar-refractivity contribution in [1.29, 1.82) is 0 Å².